The molecular weight excluding hydrogens is 264 g/mol. The molecule has 0 bridgehead atoms. The molecule has 4 nitrogen and oxygen atoms in total. The van der Waals surface area contributed by atoms with Gasteiger partial charge in [0.2, 0.25) is 5.91 Å². The van der Waals surface area contributed by atoms with E-state index in [4.69, 9.17) is 4.42 Å². The molecule has 2 heterocycles. The minimum Gasteiger partial charge on any atom is -0.459 e. The Morgan fingerprint density at radius 2 is 2.19 bits per heavy atom. The Balaban J connectivity index is 1.81. The van der Waals surface area contributed by atoms with Gasteiger partial charge < -0.3 is 14.6 Å². The first kappa shape index (κ1) is 14.1. The fourth-order valence-electron chi connectivity index (χ4n) is 2.95. The van der Waals surface area contributed by atoms with E-state index in [0.717, 1.165) is 42.7 Å². The predicted molar refractivity (Wildman–Crippen MR) is 83.1 cm³/mol. The monoisotopic (exact) mass is 286 g/mol. The van der Waals surface area contributed by atoms with E-state index in [2.05, 4.69) is 24.4 Å². The SMILES string of the molecule is CCNC(CN1CCCCC1=O)c1cc2ccccc2o1. The lowest BCUT2D eigenvalue weighted by atomic mass is 10.1. The fourth-order valence-corrected chi connectivity index (χ4v) is 2.95. The van der Waals surface area contributed by atoms with Crippen LogP contribution in [0.25, 0.3) is 11.0 Å². The van der Waals surface area contributed by atoms with Crippen LogP contribution in [0.4, 0.5) is 0 Å². The van der Waals surface area contributed by atoms with E-state index in [1.165, 1.54) is 0 Å². The second-order valence-electron chi connectivity index (χ2n) is 5.59. The van der Waals surface area contributed by atoms with Crippen LogP contribution in [0.1, 0.15) is 38.0 Å². The summed E-state index contributed by atoms with van der Waals surface area (Å²) < 4.78 is 5.96. The van der Waals surface area contributed by atoms with Gasteiger partial charge in [-0.05, 0) is 31.5 Å². The number of likely N-dealkylation sites (N-methyl/N-ethyl adjacent to an activating group) is 1. The summed E-state index contributed by atoms with van der Waals surface area (Å²) in [6.07, 6.45) is 2.80. The maximum atomic E-state index is 12.0. The van der Waals surface area contributed by atoms with E-state index in [1.807, 2.05) is 23.1 Å². The van der Waals surface area contributed by atoms with Gasteiger partial charge in [0.15, 0.2) is 0 Å². The summed E-state index contributed by atoms with van der Waals surface area (Å²) in [7, 11) is 0. The molecule has 3 rings (SSSR count). The molecule has 0 aliphatic carbocycles. The van der Waals surface area contributed by atoms with Crippen molar-refractivity contribution in [3.05, 3.63) is 36.1 Å². The van der Waals surface area contributed by atoms with Crippen LogP contribution in [0.2, 0.25) is 0 Å². The number of fused-ring (bicyclic) bond motifs is 1. The summed E-state index contributed by atoms with van der Waals surface area (Å²) in [5, 5.41) is 4.55. The molecule has 1 fully saturated rings. The zero-order valence-electron chi connectivity index (χ0n) is 12.5. The highest BCUT2D eigenvalue weighted by Crippen LogP contribution is 2.25. The van der Waals surface area contributed by atoms with Crippen LogP contribution in [0.5, 0.6) is 0 Å². The van der Waals surface area contributed by atoms with Gasteiger partial charge in [0, 0.05) is 24.9 Å². The maximum Gasteiger partial charge on any atom is 0.222 e. The van der Waals surface area contributed by atoms with Crippen molar-refractivity contribution in [2.75, 3.05) is 19.6 Å². The maximum absolute atomic E-state index is 12.0. The van der Waals surface area contributed by atoms with Crippen LogP contribution in [0.3, 0.4) is 0 Å². The van der Waals surface area contributed by atoms with Gasteiger partial charge in [0.05, 0.1) is 6.04 Å². The molecule has 1 N–H and O–H groups in total. The van der Waals surface area contributed by atoms with Crippen molar-refractivity contribution >= 4 is 16.9 Å². The van der Waals surface area contributed by atoms with Gasteiger partial charge in [-0.1, -0.05) is 25.1 Å². The Hall–Kier alpha value is -1.81. The van der Waals surface area contributed by atoms with Gasteiger partial charge in [-0.25, -0.2) is 0 Å². The molecule has 21 heavy (non-hydrogen) atoms. The summed E-state index contributed by atoms with van der Waals surface area (Å²) in [4.78, 5) is 14.0. The number of amides is 1. The van der Waals surface area contributed by atoms with Crippen LogP contribution in [0, 0.1) is 0 Å². The van der Waals surface area contributed by atoms with Gasteiger partial charge in [-0.3, -0.25) is 4.79 Å². The molecule has 1 aliphatic heterocycles. The molecule has 0 spiro atoms. The van der Waals surface area contributed by atoms with Crippen molar-refractivity contribution in [2.24, 2.45) is 0 Å². The number of carbonyl (C=O) groups is 1. The number of nitrogens with one attached hydrogen (secondary N) is 1. The van der Waals surface area contributed by atoms with E-state index < -0.39 is 0 Å². The molecule has 112 valence electrons. The minimum atomic E-state index is 0.0597. The van der Waals surface area contributed by atoms with E-state index in [-0.39, 0.29) is 11.9 Å². The van der Waals surface area contributed by atoms with Gasteiger partial charge in [0.1, 0.15) is 11.3 Å². The topological polar surface area (TPSA) is 45.5 Å². The van der Waals surface area contributed by atoms with Crippen LogP contribution >= 0.6 is 0 Å². The van der Waals surface area contributed by atoms with E-state index in [1.54, 1.807) is 0 Å². The molecule has 1 atom stereocenters. The lowest BCUT2D eigenvalue weighted by molar-refractivity contribution is -0.133. The fraction of sp³-hybridized carbons (Fsp3) is 0.471. The number of piperidine rings is 1. The molecule has 1 aliphatic rings. The molecule has 1 aromatic carbocycles. The first-order chi connectivity index (χ1) is 10.3. The van der Waals surface area contributed by atoms with Crippen LogP contribution in [0.15, 0.2) is 34.7 Å². The van der Waals surface area contributed by atoms with Gasteiger partial charge >= 0.3 is 0 Å². The second kappa shape index (κ2) is 6.31. The van der Waals surface area contributed by atoms with E-state index in [9.17, 15) is 4.79 Å². The number of carbonyl (C=O) groups excluding carboxylic acids is 1. The van der Waals surface area contributed by atoms with Crippen molar-refractivity contribution in [2.45, 2.75) is 32.2 Å². The Bertz CT molecular complexity index is 587. The number of likely N-dealkylation sites (tertiary alicyclic amines) is 1. The molecule has 1 amide bonds. The first-order valence-corrected chi connectivity index (χ1v) is 7.77. The average molecular weight is 286 g/mol. The first-order valence-electron chi connectivity index (χ1n) is 7.77. The van der Waals surface area contributed by atoms with Crippen LogP contribution < -0.4 is 5.32 Å². The number of benzene rings is 1. The lowest BCUT2D eigenvalue weighted by Crippen LogP contribution is -2.41. The van der Waals surface area contributed by atoms with Crippen molar-refractivity contribution in [3.8, 4) is 0 Å². The number of para-hydroxylation sites is 1. The third-order valence-corrected chi connectivity index (χ3v) is 4.06. The molecule has 1 aromatic heterocycles. The van der Waals surface area contributed by atoms with Crippen molar-refractivity contribution in [1.82, 2.24) is 10.2 Å². The number of hydrogen-bond acceptors (Lipinski definition) is 3. The molecule has 0 radical (unpaired) electrons. The Kier molecular flexibility index (Phi) is 4.25. The minimum absolute atomic E-state index is 0.0597. The Labute approximate surface area is 125 Å². The van der Waals surface area contributed by atoms with Crippen LogP contribution in [-0.2, 0) is 4.79 Å². The number of nitrogens with zero attached hydrogens (tertiary/aromatic N) is 1. The summed E-state index contributed by atoms with van der Waals surface area (Å²) in [6.45, 7) is 4.48. The summed E-state index contributed by atoms with van der Waals surface area (Å²) in [6, 6.07) is 10.2. The zero-order chi connectivity index (χ0) is 14.7. The molecule has 2 aromatic rings. The zero-order valence-corrected chi connectivity index (χ0v) is 12.5. The normalized spacial score (nSPS) is 17.4. The largest absolute Gasteiger partial charge is 0.459 e. The quantitative estimate of drug-likeness (QED) is 0.918. The smallest absolute Gasteiger partial charge is 0.222 e. The molecule has 1 saturated heterocycles. The standard InChI is InChI=1S/C17H22N2O2/c1-2-18-14(12-19-10-6-5-9-17(19)20)16-11-13-7-3-4-8-15(13)21-16/h3-4,7-8,11,14,18H,2,5-6,9-10,12H2,1H3. The number of rotatable bonds is 5. The average Bonchev–Trinajstić information content (AvgIpc) is 2.93. The molecule has 4 heteroatoms. The van der Waals surface area contributed by atoms with Gasteiger partial charge in [-0.2, -0.15) is 0 Å². The highest BCUT2D eigenvalue weighted by atomic mass is 16.3. The van der Waals surface area contributed by atoms with Crippen LogP contribution in [-0.4, -0.2) is 30.4 Å². The highest BCUT2D eigenvalue weighted by molar-refractivity contribution is 5.78. The van der Waals surface area contributed by atoms with Crippen molar-refractivity contribution < 1.29 is 9.21 Å². The van der Waals surface area contributed by atoms with Gasteiger partial charge in [0.25, 0.3) is 0 Å². The number of furan rings is 1. The van der Waals surface area contributed by atoms with Crippen molar-refractivity contribution in [1.29, 1.82) is 0 Å². The molecule has 1 unspecified atom stereocenters. The Morgan fingerprint density at radius 1 is 1.33 bits per heavy atom. The lowest BCUT2D eigenvalue weighted by Gasteiger charge is -2.30. The summed E-state index contributed by atoms with van der Waals surface area (Å²) in [5.41, 5.74) is 0.903. The molecular formula is C17H22N2O2. The van der Waals surface area contributed by atoms with Crippen molar-refractivity contribution in [3.63, 3.8) is 0 Å². The third-order valence-electron chi connectivity index (χ3n) is 4.06. The summed E-state index contributed by atoms with van der Waals surface area (Å²) >= 11 is 0. The Morgan fingerprint density at radius 3 is 2.95 bits per heavy atom. The summed E-state index contributed by atoms with van der Waals surface area (Å²) in [5.74, 6) is 1.18. The molecule has 0 saturated carbocycles. The van der Waals surface area contributed by atoms with E-state index >= 15 is 0 Å². The number of hydrogen-bond donors (Lipinski definition) is 1. The third kappa shape index (κ3) is 3.10. The van der Waals surface area contributed by atoms with E-state index in [0.29, 0.717) is 13.0 Å². The predicted octanol–water partition coefficient (Wildman–Crippen LogP) is 3.10. The second-order valence-corrected chi connectivity index (χ2v) is 5.59. The highest BCUT2D eigenvalue weighted by Gasteiger charge is 2.24. The van der Waals surface area contributed by atoms with Gasteiger partial charge in [-0.15, -0.1) is 0 Å².